The summed E-state index contributed by atoms with van der Waals surface area (Å²) >= 11 is 0. The number of piperidine rings is 1. The van der Waals surface area contributed by atoms with Crippen LogP contribution in [-0.4, -0.2) is 29.2 Å². The average molecular weight is 255 g/mol. The summed E-state index contributed by atoms with van der Waals surface area (Å²) in [6.07, 6.45) is 7.72. The first-order valence-corrected chi connectivity index (χ1v) is 6.66. The molecule has 3 heterocycles. The van der Waals surface area contributed by atoms with Crippen molar-refractivity contribution in [3.8, 4) is 17.0 Å². The second-order valence-corrected chi connectivity index (χ2v) is 4.65. The summed E-state index contributed by atoms with van der Waals surface area (Å²) in [4.78, 5) is 8.49. The van der Waals surface area contributed by atoms with Crippen LogP contribution in [0.15, 0.2) is 42.9 Å². The summed E-state index contributed by atoms with van der Waals surface area (Å²) in [5, 5.41) is 3.34. The Balaban J connectivity index is 1.85. The van der Waals surface area contributed by atoms with E-state index < -0.39 is 0 Å². The van der Waals surface area contributed by atoms with E-state index in [1.807, 2.05) is 24.3 Å². The molecule has 1 saturated heterocycles. The highest BCUT2D eigenvalue weighted by Gasteiger charge is 2.16. The van der Waals surface area contributed by atoms with E-state index in [1.165, 1.54) is 0 Å². The van der Waals surface area contributed by atoms with Gasteiger partial charge in [0.05, 0.1) is 0 Å². The van der Waals surface area contributed by atoms with Crippen LogP contribution in [0.2, 0.25) is 0 Å². The maximum Gasteiger partial charge on any atom is 0.145 e. The molecular weight excluding hydrogens is 238 g/mol. The lowest BCUT2D eigenvalue weighted by Gasteiger charge is -2.24. The third kappa shape index (κ3) is 2.90. The molecule has 4 nitrogen and oxygen atoms in total. The van der Waals surface area contributed by atoms with E-state index in [2.05, 4.69) is 15.3 Å². The summed E-state index contributed by atoms with van der Waals surface area (Å²) in [5.41, 5.74) is 1.93. The molecule has 0 aliphatic carbocycles. The molecule has 2 aromatic rings. The number of hydrogen-bond acceptors (Lipinski definition) is 4. The standard InChI is InChI=1S/C15H17N3O/c1-2-14(19-13-5-10-17-11-6-13)15(18-7-1)12-3-8-16-9-4-12/h1-4,7-9,13,17H,5-6,10-11H2. The Morgan fingerprint density at radius 3 is 2.63 bits per heavy atom. The number of hydrogen-bond donors (Lipinski definition) is 1. The smallest absolute Gasteiger partial charge is 0.145 e. The quantitative estimate of drug-likeness (QED) is 0.914. The van der Waals surface area contributed by atoms with Gasteiger partial charge in [-0.15, -0.1) is 0 Å². The van der Waals surface area contributed by atoms with Gasteiger partial charge in [-0.25, -0.2) is 0 Å². The molecule has 98 valence electrons. The zero-order valence-electron chi connectivity index (χ0n) is 10.7. The topological polar surface area (TPSA) is 47.0 Å². The zero-order valence-corrected chi connectivity index (χ0v) is 10.7. The normalized spacial score (nSPS) is 16.2. The molecule has 0 saturated carbocycles. The number of rotatable bonds is 3. The molecule has 1 aliphatic heterocycles. The molecule has 4 heteroatoms. The van der Waals surface area contributed by atoms with E-state index >= 15 is 0 Å². The van der Waals surface area contributed by atoms with E-state index in [-0.39, 0.29) is 6.10 Å². The lowest BCUT2D eigenvalue weighted by Crippen LogP contribution is -2.34. The van der Waals surface area contributed by atoms with Crippen molar-refractivity contribution in [2.75, 3.05) is 13.1 Å². The minimum atomic E-state index is 0.283. The molecule has 0 atom stereocenters. The van der Waals surface area contributed by atoms with Gasteiger partial charge in [-0.3, -0.25) is 9.97 Å². The van der Waals surface area contributed by atoms with Crippen LogP contribution in [0.4, 0.5) is 0 Å². The monoisotopic (exact) mass is 255 g/mol. The molecule has 1 N–H and O–H groups in total. The number of pyridine rings is 2. The molecule has 0 aromatic carbocycles. The van der Waals surface area contributed by atoms with Crippen LogP contribution in [0.25, 0.3) is 11.3 Å². The van der Waals surface area contributed by atoms with Gasteiger partial charge < -0.3 is 10.1 Å². The van der Waals surface area contributed by atoms with E-state index in [0.717, 1.165) is 42.9 Å². The predicted octanol–water partition coefficient (Wildman–Crippen LogP) is 2.27. The SMILES string of the molecule is c1cnc(-c2ccncc2)c(OC2CCNCC2)c1. The first-order valence-electron chi connectivity index (χ1n) is 6.66. The fourth-order valence-corrected chi connectivity index (χ4v) is 2.31. The molecule has 1 aliphatic rings. The summed E-state index contributed by atoms with van der Waals surface area (Å²) in [6, 6.07) is 7.82. The minimum Gasteiger partial charge on any atom is -0.488 e. The molecule has 19 heavy (non-hydrogen) atoms. The molecule has 3 rings (SSSR count). The minimum absolute atomic E-state index is 0.283. The number of aromatic nitrogens is 2. The molecule has 2 aromatic heterocycles. The van der Waals surface area contributed by atoms with Crippen molar-refractivity contribution in [2.24, 2.45) is 0 Å². The van der Waals surface area contributed by atoms with Crippen LogP contribution in [0.5, 0.6) is 5.75 Å². The van der Waals surface area contributed by atoms with Gasteiger partial charge in [-0.1, -0.05) is 0 Å². The summed E-state index contributed by atoms with van der Waals surface area (Å²) in [5.74, 6) is 0.862. The first kappa shape index (κ1) is 12.1. The lowest BCUT2D eigenvalue weighted by molar-refractivity contribution is 0.163. The number of ether oxygens (including phenoxy) is 1. The predicted molar refractivity (Wildman–Crippen MR) is 74.0 cm³/mol. The van der Waals surface area contributed by atoms with Crippen LogP contribution in [0.1, 0.15) is 12.8 Å². The maximum atomic E-state index is 6.12. The lowest BCUT2D eigenvalue weighted by atomic mass is 10.1. The van der Waals surface area contributed by atoms with Crippen LogP contribution in [0, 0.1) is 0 Å². The Kier molecular flexibility index (Phi) is 3.70. The van der Waals surface area contributed by atoms with E-state index in [0.29, 0.717) is 0 Å². The van der Waals surface area contributed by atoms with Gasteiger partial charge in [0.1, 0.15) is 17.5 Å². The third-order valence-electron chi connectivity index (χ3n) is 3.30. The molecule has 0 amide bonds. The maximum absolute atomic E-state index is 6.12. The summed E-state index contributed by atoms with van der Waals surface area (Å²) in [6.45, 7) is 2.05. The molecule has 0 spiro atoms. The van der Waals surface area contributed by atoms with Crippen molar-refractivity contribution in [2.45, 2.75) is 18.9 Å². The van der Waals surface area contributed by atoms with Gasteiger partial charge in [-0.05, 0) is 50.2 Å². The Morgan fingerprint density at radius 1 is 1.05 bits per heavy atom. The Morgan fingerprint density at radius 2 is 1.84 bits per heavy atom. The van der Waals surface area contributed by atoms with Gasteiger partial charge in [0.2, 0.25) is 0 Å². The van der Waals surface area contributed by atoms with E-state index in [9.17, 15) is 0 Å². The second-order valence-electron chi connectivity index (χ2n) is 4.65. The molecule has 0 bridgehead atoms. The van der Waals surface area contributed by atoms with Gasteiger partial charge >= 0.3 is 0 Å². The van der Waals surface area contributed by atoms with Crippen LogP contribution >= 0.6 is 0 Å². The van der Waals surface area contributed by atoms with Crippen molar-refractivity contribution >= 4 is 0 Å². The van der Waals surface area contributed by atoms with Crippen LogP contribution < -0.4 is 10.1 Å². The van der Waals surface area contributed by atoms with Crippen molar-refractivity contribution in [3.05, 3.63) is 42.9 Å². The Hall–Kier alpha value is -1.94. The first-order chi connectivity index (χ1) is 9.43. The van der Waals surface area contributed by atoms with Crippen molar-refractivity contribution in [1.82, 2.24) is 15.3 Å². The highest BCUT2D eigenvalue weighted by Crippen LogP contribution is 2.28. The fraction of sp³-hybridized carbons (Fsp3) is 0.333. The number of nitrogens with zero attached hydrogens (tertiary/aromatic N) is 2. The summed E-state index contributed by atoms with van der Waals surface area (Å²) < 4.78 is 6.12. The largest absolute Gasteiger partial charge is 0.488 e. The molecule has 0 unspecified atom stereocenters. The van der Waals surface area contributed by atoms with Crippen LogP contribution in [0.3, 0.4) is 0 Å². The Bertz CT molecular complexity index is 524. The fourth-order valence-electron chi connectivity index (χ4n) is 2.31. The van der Waals surface area contributed by atoms with Crippen molar-refractivity contribution in [1.29, 1.82) is 0 Å². The molecule has 1 fully saturated rings. The van der Waals surface area contributed by atoms with E-state index in [4.69, 9.17) is 4.74 Å². The van der Waals surface area contributed by atoms with Crippen LogP contribution in [-0.2, 0) is 0 Å². The van der Waals surface area contributed by atoms with E-state index in [1.54, 1.807) is 18.6 Å². The van der Waals surface area contributed by atoms with Gasteiger partial charge in [0.25, 0.3) is 0 Å². The summed E-state index contributed by atoms with van der Waals surface area (Å²) in [7, 11) is 0. The van der Waals surface area contributed by atoms with Gasteiger partial charge in [0.15, 0.2) is 0 Å². The second kappa shape index (κ2) is 5.80. The van der Waals surface area contributed by atoms with Gasteiger partial charge in [0, 0.05) is 24.2 Å². The van der Waals surface area contributed by atoms with Gasteiger partial charge in [-0.2, -0.15) is 0 Å². The van der Waals surface area contributed by atoms with Crippen molar-refractivity contribution in [3.63, 3.8) is 0 Å². The number of nitrogens with one attached hydrogen (secondary N) is 1. The zero-order chi connectivity index (χ0) is 12.9. The third-order valence-corrected chi connectivity index (χ3v) is 3.30. The molecule has 0 radical (unpaired) electrons. The Labute approximate surface area is 112 Å². The highest BCUT2D eigenvalue weighted by molar-refractivity contribution is 5.65. The molecular formula is C15H17N3O. The average Bonchev–Trinajstić information content (AvgIpc) is 2.50. The van der Waals surface area contributed by atoms with Crippen molar-refractivity contribution < 1.29 is 4.74 Å². The highest BCUT2D eigenvalue weighted by atomic mass is 16.5.